The quantitative estimate of drug-likeness (QED) is 0.825. The first-order chi connectivity index (χ1) is 8.74. The molecule has 2 aliphatic rings. The fourth-order valence-corrected chi connectivity index (χ4v) is 4.17. The second kappa shape index (κ2) is 6.91. The van der Waals surface area contributed by atoms with Crippen LogP contribution in [0.25, 0.3) is 0 Å². The largest absolute Gasteiger partial charge is 0.317 e. The summed E-state index contributed by atoms with van der Waals surface area (Å²) < 4.78 is 0. The van der Waals surface area contributed by atoms with E-state index in [2.05, 4.69) is 31.1 Å². The molecule has 1 aliphatic heterocycles. The highest BCUT2D eigenvalue weighted by molar-refractivity contribution is 4.88. The number of hydrogen-bond donors (Lipinski definition) is 1. The lowest BCUT2D eigenvalue weighted by Crippen LogP contribution is -2.51. The van der Waals surface area contributed by atoms with E-state index in [1.165, 1.54) is 57.9 Å². The third-order valence-electron chi connectivity index (χ3n) is 5.32. The Balaban J connectivity index is 1.79. The van der Waals surface area contributed by atoms with E-state index in [1.807, 2.05) is 0 Å². The topological polar surface area (TPSA) is 15.3 Å². The van der Waals surface area contributed by atoms with E-state index in [4.69, 9.17) is 0 Å². The molecule has 2 rings (SSSR count). The average Bonchev–Trinajstić information content (AvgIpc) is 2.40. The highest BCUT2D eigenvalue weighted by Gasteiger charge is 2.32. The van der Waals surface area contributed by atoms with Crippen molar-refractivity contribution in [1.82, 2.24) is 10.2 Å². The van der Waals surface area contributed by atoms with Crippen molar-refractivity contribution in [1.29, 1.82) is 0 Å². The Labute approximate surface area is 114 Å². The summed E-state index contributed by atoms with van der Waals surface area (Å²) in [6.07, 6.45) is 11.4. The molecule has 1 N–H and O–H groups in total. The van der Waals surface area contributed by atoms with Crippen LogP contribution in [0.15, 0.2) is 0 Å². The molecule has 0 spiro atoms. The zero-order chi connectivity index (χ0) is 13.0. The molecule has 2 unspecified atom stereocenters. The van der Waals surface area contributed by atoms with Crippen molar-refractivity contribution in [2.75, 3.05) is 13.6 Å². The van der Waals surface area contributed by atoms with Gasteiger partial charge in [0.25, 0.3) is 0 Å². The van der Waals surface area contributed by atoms with Gasteiger partial charge in [-0.2, -0.15) is 0 Å². The molecule has 0 aromatic heterocycles. The summed E-state index contributed by atoms with van der Waals surface area (Å²) >= 11 is 0. The minimum absolute atomic E-state index is 0.757. The zero-order valence-electron chi connectivity index (χ0n) is 12.6. The van der Waals surface area contributed by atoms with Crippen LogP contribution in [0.5, 0.6) is 0 Å². The molecular formula is C16H32N2. The normalized spacial score (nSPS) is 38.8. The number of hydrogen-bond acceptors (Lipinski definition) is 2. The monoisotopic (exact) mass is 252 g/mol. The summed E-state index contributed by atoms with van der Waals surface area (Å²) in [5.74, 6) is 1.04. The van der Waals surface area contributed by atoms with Crippen LogP contribution in [0, 0.1) is 5.92 Å². The molecule has 0 aromatic carbocycles. The van der Waals surface area contributed by atoms with Crippen molar-refractivity contribution in [3.8, 4) is 0 Å². The first-order valence-corrected chi connectivity index (χ1v) is 8.17. The van der Waals surface area contributed by atoms with Crippen LogP contribution in [0.1, 0.15) is 65.2 Å². The number of likely N-dealkylation sites (tertiary alicyclic amines) is 1. The second-order valence-electron chi connectivity index (χ2n) is 6.56. The van der Waals surface area contributed by atoms with Crippen molar-refractivity contribution >= 4 is 0 Å². The van der Waals surface area contributed by atoms with Gasteiger partial charge in [-0.15, -0.1) is 0 Å². The van der Waals surface area contributed by atoms with Gasteiger partial charge in [0.15, 0.2) is 0 Å². The van der Waals surface area contributed by atoms with Crippen LogP contribution >= 0.6 is 0 Å². The zero-order valence-corrected chi connectivity index (χ0v) is 12.6. The molecule has 106 valence electrons. The Bertz CT molecular complexity index is 233. The standard InChI is InChI=1S/C16H32N2/c1-4-5-14-6-8-16(9-7-14)18-11-10-15(17-3)12-13(18)2/h13-17H,4-12H2,1-3H3. The molecule has 0 radical (unpaired) electrons. The van der Waals surface area contributed by atoms with E-state index in [0.29, 0.717) is 0 Å². The summed E-state index contributed by atoms with van der Waals surface area (Å²) in [6.45, 7) is 6.08. The highest BCUT2D eigenvalue weighted by atomic mass is 15.2. The summed E-state index contributed by atoms with van der Waals surface area (Å²) in [5.41, 5.74) is 0. The lowest BCUT2D eigenvalue weighted by atomic mass is 9.81. The predicted octanol–water partition coefficient (Wildman–Crippen LogP) is 3.42. The lowest BCUT2D eigenvalue weighted by Gasteiger charge is -2.45. The molecule has 1 saturated heterocycles. The summed E-state index contributed by atoms with van der Waals surface area (Å²) in [6, 6.07) is 2.43. The van der Waals surface area contributed by atoms with Crippen LogP contribution in [-0.4, -0.2) is 36.6 Å². The van der Waals surface area contributed by atoms with E-state index in [1.54, 1.807) is 0 Å². The molecule has 2 heteroatoms. The fourth-order valence-electron chi connectivity index (χ4n) is 4.17. The first-order valence-electron chi connectivity index (χ1n) is 8.17. The summed E-state index contributed by atoms with van der Waals surface area (Å²) in [4.78, 5) is 2.82. The Morgan fingerprint density at radius 2 is 1.83 bits per heavy atom. The van der Waals surface area contributed by atoms with Crippen LogP contribution in [0.4, 0.5) is 0 Å². The van der Waals surface area contributed by atoms with Gasteiger partial charge in [0.1, 0.15) is 0 Å². The fraction of sp³-hybridized carbons (Fsp3) is 1.00. The van der Waals surface area contributed by atoms with Crippen LogP contribution in [0.3, 0.4) is 0 Å². The molecule has 18 heavy (non-hydrogen) atoms. The number of nitrogens with one attached hydrogen (secondary N) is 1. The molecule has 0 amide bonds. The Morgan fingerprint density at radius 1 is 1.11 bits per heavy atom. The maximum Gasteiger partial charge on any atom is 0.00983 e. The smallest absolute Gasteiger partial charge is 0.00983 e. The van der Waals surface area contributed by atoms with Crippen molar-refractivity contribution in [3.63, 3.8) is 0 Å². The second-order valence-corrected chi connectivity index (χ2v) is 6.56. The van der Waals surface area contributed by atoms with Gasteiger partial charge in [0.2, 0.25) is 0 Å². The third kappa shape index (κ3) is 3.48. The van der Waals surface area contributed by atoms with E-state index in [-0.39, 0.29) is 0 Å². The van der Waals surface area contributed by atoms with Crippen molar-refractivity contribution in [2.45, 2.75) is 83.3 Å². The Morgan fingerprint density at radius 3 is 2.39 bits per heavy atom. The lowest BCUT2D eigenvalue weighted by molar-refractivity contribution is 0.0589. The maximum absolute atomic E-state index is 3.45. The van der Waals surface area contributed by atoms with E-state index in [0.717, 1.165) is 24.0 Å². The minimum atomic E-state index is 0.757. The molecule has 2 nitrogen and oxygen atoms in total. The van der Waals surface area contributed by atoms with Crippen LogP contribution < -0.4 is 5.32 Å². The summed E-state index contributed by atoms with van der Waals surface area (Å²) in [5, 5.41) is 3.45. The van der Waals surface area contributed by atoms with E-state index < -0.39 is 0 Å². The Hall–Kier alpha value is -0.0800. The van der Waals surface area contributed by atoms with E-state index in [9.17, 15) is 0 Å². The molecule has 2 fully saturated rings. The van der Waals surface area contributed by atoms with Gasteiger partial charge in [-0.05, 0) is 58.4 Å². The average molecular weight is 252 g/mol. The molecule has 0 aromatic rings. The molecule has 1 aliphatic carbocycles. The van der Waals surface area contributed by atoms with Crippen molar-refractivity contribution in [3.05, 3.63) is 0 Å². The minimum Gasteiger partial charge on any atom is -0.317 e. The molecular weight excluding hydrogens is 220 g/mol. The molecule has 0 bridgehead atoms. The van der Waals surface area contributed by atoms with Crippen LogP contribution in [0.2, 0.25) is 0 Å². The number of nitrogens with zero attached hydrogens (tertiary/aromatic N) is 1. The van der Waals surface area contributed by atoms with Gasteiger partial charge in [-0.3, -0.25) is 4.90 Å². The van der Waals surface area contributed by atoms with Gasteiger partial charge in [0, 0.05) is 24.7 Å². The van der Waals surface area contributed by atoms with Gasteiger partial charge in [0.05, 0.1) is 0 Å². The van der Waals surface area contributed by atoms with Gasteiger partial charge >= 0.3 is 0 Å². The maximum atomic E-state index is 3.45. The number of piperidine rings is 1. The molecule has 1 heterocycles. The predicted molar refractivity (Wildman–Crippen MR) is 78.9 cm³/mol. The SMILES string of the molecule is CCCC1CCC(N2CCC(NC)CC2C)CC1. The van der Waals surface area contributed by atoms with Gasteiger partial charge in [-0.25, -0.2) is 0 Å². The van der Waals surface area contributed by atoms with E-state index >= 15 is 0 Å². The van der Waals surface area contributed by atoms with Gasteiger partial charge in [-0.1, -0.05) is 19.8 Å². The van der Waals surface area contributed by atoms with Gasteiger partial charge < -0.3 is 5.32 Å². The van der Waals surface area contributed by atoms with Crippen molar-refractivity contribution < 1.29 is 0 Å². The molecule has 2 atom stereocenters. The Kier molecular flexibility index (Phi) is 5.50. The van der Waals surface area contributed by atoms with Crippen molar-refractivity contribution in [2.24, 2.45) is 5.92 Å². The first kappa shape index (κ1) is 14.3. The highest BCUT2D eigenvalue weighted by Crippen LogP contribution is 2.33. The number of rotatable bonds is 4. The van der Waals surface area contributed by atoms with Crippen LogP contribution in [-0.2, 0) is 0 Å². The third-order valence-corrected chi connectivity index (χ3v) is 5.32. The molecule has 1 saturated carbocycles. The summed E-state index contributed by atoms with van der Waals surface area (Å²) in [7, 11) is 2.11.